The molecule has 1 aliphatic carbocycles. The zero-order chi connectivity index (χ0) is 21.8. The second kappa shape index (κ2) is 9.41. The molecule has 2 atom stereocenters. The van der Waals surface area contributed by atoms with E-state index in [2.05, 4.69) is 29.1 Å². The van der Waals surface area contributed by atoms with Crippen LogP contribution in [0.2, 0.25) is 0 Å². The van der Waals surface area contributed by atoms with Crippen LogP contribution in [0.25, 0.3) is 10.4 Å². The summed E-state index contributed by atoms with van der Waals surface area (Å²) < 4.78 is 5.79. The Labute approximate surface area is 184 Å². The highest BCUT2D eigenvalue weighted by Crippen LogP contribution is 2.49. The molecule has 7 heteroatoms. The van der Waals surface area contributed by atoms with E-state index in [9.17, 15) is 9.90 Å². The summed E-state index contributed by atoms with van der Waals surface area (Å²) in [4.78, 5) is 17.8. The lowest BCUT2D eigenvalue weighted by molar-refractivity contribution is 0.380. The first-order valence-corrected chi connectivity index (χ1v) is 11.4. The van der Waals surface area contributed by atoms with Gasteiger partial charge in [0.15, 0.2) is 0 Å². The van der Waals surface area contributed by atoms with Crippen LogP contribution in [-0.2, 0) is 13.0 Å². The van der Waals surface area contributed by atoms with Crippen molar-refractivity contribution in [1.82, 2.24) is 0 Å². The maximum absolute atomic E-state index is 13.1. The fourth-order valence-electron chi connectivity index (χ4n) is 4.13. The van der Waals surface area contributed by atoms with E-state index >= 15 is 0 Å². The highest BCUT2D eigenvalue weighted by atomic mass is 32.1. The minimum absolute atomic E-state index is 0.0136. The third-order valence-corrected chi connectivity index (χ3v) is 7.04. The number of rotatable bonds is 9. The van der Waals surface area contributed by atoms with Gasteiger partial charge in [-0.25, -0.2) is 4.79 Å². The summed E-state index contributed by atoms with van der Waals surface area (Å²) in [5.74, 6) is 0.690. The molecule has 1 fully saturated rings. The molecular weight excluding hydrogens is 410 g/mol. The van der Waals surface area contributed by atoms with Crippen molar-refractivity contribution in [2.75, 3.05) is 0 Å². The van der Waals surface area contributed by atoms with Gasteiger partial charge in [-0.3, -0.25) is 0 Å². The fraction of sp³-hybridized carbons (Fsp3) is 0.375. The van der Waals surface area contributed by atoms with Crippen molar-refractivity contribution in [1.29, 1.82) is 0 Å². The van der Waals surface area contributed by atoms with Gasteiger partial charge in [0.2, 0.25) is 0 Å². The van der Waals surface area contributed by atoms with E-state index in [-0.39, 0.29) is 24.1 Å². The number of hydrogen-bond donors (Lipinski definition) is 1. The average molecular weight is 436 g/mol. The third-order valence-electron chi connectivity index (χ3n) is 5.89. The molecule has 1 aliphatic rings. The van der Waals surface area contributed by atoms with Crippen LogP contribution in [0.3, 0.4) is 0 Å². The molecule has 160 valence electrons. The number of hydrogen-bond acceptors (Lipinski definition) is 5. The molecule has 6 nitrogen and oxygen atoms in total. The van der Waals surface area contributed by atoms with Crippen LogP contribution in [-0.4, -0.2) is 5.11 Å². The Morgan fingerprint density at radius 2 is 2.03 bits per heavy atom. The first-order valence-electron chi connectivity index (χ1n) is 10.6. The molecule has 31 heavy (non-hydrogen) atoms. The van der Waals surface area contributed by atoms with E-state index in [1.165, 1.54) is 16.9 Å². The van der Waals surface area contributed by atoms with Crippen LogP contribution >= 0.6 is 11.3 Å². The molecule has 2 heterocycles. The van der Waals surface area contributed by atoms with Gasteiger partial charge in [-0.15, -0.1) is 11.3 Å². The number of nitrogens with zero attached hydrogens (tertiary/aromatic N) is 3. The number of thiophene rings is 1. The molecular formula is C24H25N3O3S. The minimum atomic E-state index is -0.455. The highest BCUT2D eigenvalue weighted by Gasteiger charge is 2.38. The van der Waals surface area contributed by atoms with E-state index in [0.29, 0.717) is 17.2 Å². The summed E-state index contributed by atoms with van der Waals surface area (Å²) in [6.07, 6.45) is 3.58. The molecule has 1 saturated carbocycles. The van der Waals surface area contributed by atoms with E-state index in [4.69, 9.17) is 9.95 Å². The number of aromatic hydroxyl groups is 1. The van der Waals surface area contributed by atoms with Crippen molar-refractivity contribution in [3.05, 3.63) is 96.0 Å². The van der Waals surface area contributed by atoms with Crippen molar-refractivity contribution in [2.24, 2.45) is 11.0 Å². The van der Waals surface area contributed by atoms with Crippen LogP contribution in [0.15, 0.2) is 62.9 Å². The molecule has 0 saturated heterocycles. The van der Waals surface area contributed by atoms with Crippen LogP contribution in [0.5, 0.6) is 5.75 Å². The van der Waals surface area contributed by atoms with Crippen molar-refractivity contribution in [3.63, 3.8) is 0 Å². The normalized spacial score (nSPS) is 15.3. The van der Waals surface area contributed by atoms with Gasteiger partial charge in [0.05, 0.1) is 12.1 Å². The Morgan fingerprint density at radius 1 is 1.26 bits per heavy atom. The molecule has 2 unspecified atom stereocenters. The Hall–Kier alpha value is -3.02. The SMILES string of the molecule is CCC(Cc1ccccc1)c1cc(O)c(C(c2ccc(CN=[N+]=[N-])s2)C2CC2)c(=O)o1. The van der Waals surface area contributed by atoms with Gasteiger partial charge in [-0.2, -0.15) is 0 Å². The predicted molar refractivity (Wildman–Crippen MR) is 122 cm³/mol. The summed E-state index contributed by atoms with van der Waals surface area (Å²) >= 11 is 1.52. The van der Waals surface area contributed by atoms with Crippen LogP contribution in [0, 0.1) is 5.92 Å². The second-order valence-electron chi connectivity index (χ2n) is 8.04. The lowest BCUT2D eigenvalue weighted by Gasteiger charge is -2.18. The molecule has 1 N–H and O–H groups in total. The summed E-state index contributed by atoms with van der Waals surface area (Å²) in [6.45, 7) is 2.35. The van der Waals surface area contributed by atoms with Gasteiger partial charge < -0.3 is 9.52 Å². The van der Waals surface area contributed by atoms with Gasteiger partial charge in [0.25, 0.3) is 0 Å². The van der Waals surface area contributed by atoms with E-state index in [1.807, 2.05) is 30.3 Å². The number of benzene rings is 1. The smallest absolute Gasteiger partial charge is 0.343 e. The van der Waals surface area contributed by atoms with E-state index in [1.54, 1.807) is 6.07 Å². The average Bonchev–Trinajstić information content (AvgIpc) is 3.50. The second-order valence-corrected chi connectivity index (χ2v) is 9.24. The minimum Gasteiger partial charge on any atom is -0.507 e. The Bertz CT molecular complexity index is 1140. The zero-order valence-electron chi connectivity index (χ0n) is 17.4. The van der Waals surface area contributed by atoms with Crippen molar-refractivity contribution in [2.45, 2.75) is 51.0 Å². The molecule has 0 bridgehead atoms. The van der Waals surface area contributed by atoms with Crippen LogP contribution in [0.4, 0.5) is 0 Å². The summed E-state index contributed by atoms with van der Waals surface area (Å²) in [6, 6.07) is 15.6. The van der Waals surface area contributed by atoms with E-state index in [0.717, 1.165) is 35.4 Å². The zero-order valence-corrected chi connectivity index (χ0v) is 18.2. The topological polar surface area (TPSA) is 99.2 Å². The first-order chi connectivity index (χ1) is 15.1. The predicted octanol–water partition coefficient (Wildman–Crippen LogP) is 6.50. The highest BCUT2D eigenvalue weighted by molar-refractivity contribution is 7.12. The maximum Gasteiger partial charge on any atom is 0.343 e. The maximum atomic E-state index is 13.1. The van der Waals surface area contributed by atoms with Crippen LogP contribution < -0.4 is 5.63 Å². The molecule has 0 aliphatic heterocycles. The quantitative estimate of drug-likeness (QED) is 0.236. The third kappa shape index (κ3) is 4.84. The molecule has 2 aromatic heterocycles. The largest absolute Gasteiger partial charge is 0.507 e. The van der Waals surface area contributed by atoms with Gasteiger partial charge in [0.1, 0.15) is 11.5 Å². The van der Waals surface area contributed by atoms with Gasteiger partial charge in [0, 0.05) is 32.6 Å². The molecule has 0 radical (unpaired) electrons. The van der Waals surface area contributed by atoms with E-state index < -0.39 is 5.63 Å². The summed E-state index contributed by atoms with van der Waals surface area (Å²) in [7, 11) is 0. The lowest BCUT2D eigenvalue weighted by atomic mass is 9.90. The van der Waals surface area contributed by atoms with Crippen LogP contribution in [0.1, 0.15) is 64.7 Å². The molecule has 4 rings (SSSR count). The fourth-order valence-corrected chi connectivity index (χ4v) is 5.26. The van der Waals surface area contributed by atoms with Gasteiger partial charge >= 0.3 is 5.63 Å². The molecule has 0 spiro atoms. The van der Waals surface area contributed by atoms with Gasteiger partial charge in [-0.05, 0) is 54.8 Å². The standard InChI is InChI=1S/C24H25N3O3S/c1-2-16(12-15-6-4-3-5-7-15)20-13-19(28)23(24(29)30-20)22(17-8-9-17)21-11-10-18(31-21)14-26-27-25/h3-7,10-11,13,16-17,22,28H,2,8-9,12,14H2,1H3. The summed E-state index contributed by atoms with van der Waals surface area (Å²) in [5.41, 5.74) is 9.61. The summed E-state index contributed by atoms with van der Waals surface area (Å²) in [5, 5.41) is 14.5. The Balaban J connectivity index is 1.66. The monoisotopic (exact) mass is 435 g/mol. The van der Waals surface area contributed by atoms with Gasteiger partial charge in [-0.1, -0.05) is 42.4 Å². The molecule has 3 aromatic rings. The van der Waals surface area contributed by atoms with Crippen molar-refractivity contribution >= 4 is 11.3 Å². The number of azide groups is 1. The van der Waals surface area contributed by atoms with Crippen molar-refractivity contribution in [3.8, 4) is 5.75 Å². The Morgan fingerprint density at radius 3 is 2.68 bits per heavy atom. The van der Waals surface area contributed by atoms with Crippen molar-refractivity contribution < 1.29 is 9.52 Å². The molecule has 1 aromatic carbocycles. The molecule has 0 amide bonds. The Kier molecular flexibility index (Phi) is 6.44. The lowest BCUT2D eigenvalue weighted by Crippen LogP contribution is -2.17. The first kappa shape index (κ1) is 21.2.